The molecule has 7 heteroatoms. The van der Waals surface area contributed by atoms with Crippen LogP contribution in [0.3, 0.4) is 0 Å². The SMILES string of the molecule is CC1COC(CO)CN1c1cc2c(cc1F)C(O)C(=O)N2. The number of hydrogen-bond donors (Lipinski definition) is 3. The zero-order chi connectivity index (χ0) is 15.1. The van der Waals surface area contributed by atoms with Crippen molar-refractivity contribution in [3.05, 3.63) is 23.5 Å². The molecule has 0 radical (unpaired) electrons. The molecule has 3 N–H and O–H groups in total. The Bertz CT molecular complexity index is 580. The molecule has 1 amide bonds. The van der Waals surface area contributed by atoms with Crippen LogP contribution >= 0.6 is 0 Å². The number of aliphatic hydroxyl groups is 2. The average molecular weight is 296 g/mol. The van der Waals surface area contributed by atoms with Gasteiger partial charge in [-0.1, -0.05) is 0 Å². The molecule has 3 rings (SSSR count). The minimum atomic E-state index is -1.32. The van der Waals surface area contributed by atoms with Crippen molar-refractivity contribution in [1.29, 1.82) is 0 Å². The number of ether oxygens (including phenoxy) is 1. The molecular weight excluding hydrogens is 279 g/mol. The van der Waals surface area contributed by atoms with Gasteiger partial charge in [0, 0.05) is 23.8 Å². The topological polar surface area (TPSA) is 82.0 Å². The summed E-state index contributed by atoms with van der Waals surface area (Å²) >= 11 is 0. The first kappa shape index (κ1) is 14.2. The summed E-state index contributed by atoms with van der Waals surface area (Å²) in [6.45, 7) is 2.51. The van der Waals surface area contributed by atoms with E-state index in [9.17, 15) is 19.4 Å². The fraction of sp³-hybridized carbons (Fsp3) is 0.500. The molecule has 0 aromatic heterocycles. The van der Waals surface area contributed by atoms with E-state index in [0.29, 0.717) is 24.5 Å². The van der Waals surface area contributed by atoms with Crippen molar-refractivity contribution in [1.82, 2.24) is 0 Å². The third-order valence-electron chi connectivity index (χ3n) is 3.94. The maximum atomic E-state index is 14.3. The number of carbonyl (C=O) groups is 1. The number of amides is 1. The van der Waals surface area contributed by atoms with Crippen molar-refractivity contribution in [2.45, 2.75) is 25.2 Å². The van der Waals surface area contributed by atoms with E-state index in [1.807, 2.05) is 6.92 Å². The quantitative estimate of drug-likeness (QED) is 0.736. The maximum Gasteiger partial charge on any atom is 0.257 e. The van der Waals surface area contributed by atoms with Gasteiger partial charge in [-0.25, -0.2) is 4.39 Å². The molecule has 1 saturated heterocycles. The Morgan fingerprint density at radius 2 is 2.29 bits per heavy atom. The zero-order valence-electron chi connectivity index (χ0n) is 11.5. The van der Waals surface area contributed by atoms with Crippen LogP contribution in [-0.4, -0.2) is 48.0 Å². The molecule has 1 fully saturated rings. The monoisotopic (exact) mass is 296 g/mol. The summed E-state index contributed by atoms with van der Waals surface area (Å²) < 4.78 is 19.8. The fourth-order valence-corrected chi connectivity index (χ4v) is 2.74. The number of morpholine rings is 1. The molecule has 0 spiro atoms. The van der Waals surface area contributed by atoms with E-state index >= 15 is 0 Å². The van der Waals surface area contributed by atoms with E-state index in [0.717, 1.165) is 0 Å². The first-order chi connectivity index (χ1) is 10.0. The summed E-state index contributed by atoms with van der Waals surface area (Å²) in [5.41, 5.74) is 1.00. The normalized spacial score (nSPS) is 28.5. The van der Waals surface area contributed by atoms with Gasteiger partial charge in [0.15, 0.2) is 6.10 Å². The van der Waals surface area contributed by atoms with Gasteiger partial charge in [0.1, 0.15) is 5.82 Å². The number of anilines is 2. The second kappa shape index (κ2) is 5.25. The van der Waals surface area contributed by atoms with E-state index in [2.05, 4.69) is 5.32 Å². The van der Waals surface area contributed by atoms with Crippen molar-refractivity contribution < 1.29 is 24.1 Å². The highest BCUT2D eigenvalue weighted by Crippen LogP contribution is 2.37. The lowest BCUT2D eigenvalue weighted by Gasteiger charge is -2.39. The van der Waals surface area contributed by atoms with E-state index in [4.69, 9.17) is 4.74 Å². The summed E-state index contributed by atoms with van der Waals surface area (Å²) in [5, 5.41) is 21.4. The number of nitrogens with zero attached hydrogens (tertiary/aromatic N) is 1. The van der Waals surface area contributed by atoms with Crippen molar-refractivity contribution in [3.63, 3.8) is 0 Å². The standard InChI is InChI=1S/C14H17FN2O4/c1-7-6-21-8(5-18)4-17(7)12-3-11-9(2-10(12)15)13(19)14(20)16-11/h2-3,7-8,13,18-19H,4-6H2,1H3,(H,16,20). The third-order valence-corrected chi connectivity index (χ3v) is 3.94. The number of benzene rings is 1. The third kappa shape index (κ3) is 2.37. The number of carbonyl (C=O) groups excluding carboxylic acids is 1. The van der Waals surface area contributed by atoms with E-state index < -0.39 is 17.8 Å². The minimum Gasteiger partial charge on any atom is -0.394 e. The number of hydrogen-bond acceptors (Lipinski definition) is 5. The van der Waals surface area contributed by atoms with Gasteiger partial charge in [0.2, 0.25) is 0 Å². The Morgan fingerprint density at radius 1 is 1.52 bits per heavy atom. The first-order valence-corrected chi connectivity index (χ1v) is 6.82. The molecule has 1 aromatic rings. The van der Waals surface area contributed by atoms with Gasteiger partial charge in [0.05, 0.1) is 25.0 Å². The van der Waals surface area contributed by atoms with Gasteiger partial charge in [-0.05, 0) is 19.1 Å². The van der Waals surface area contributed by atoms with Crippen LogP contribution < -0.4 is 10.2 Å². The lowest BCUT2D eigenvalue weighted by molar-refractivity contribution is -0.123. The Hall–Kier alpha value is -1.70. The largest absolute Gasteiger partial charge is 0.394 e. The summed E-state index contributed by atoms with van der Waals surface area (Å²) in [6.07, 6.45) is -1.69. The number of rotatable bonds is 2. The molecule has 0 saturated carbocycles. The Labute approximate surface area is 121 Å². The number of aliphatic hydroxyl groups excluding tert-OH is 2. The molecule has 0 aliphatic carbocycles. The highest BCUT2D eigenvalue weighted by atomic mass is 19.1. The van der Waals surface area contributed by atoms with Gasteiger partial charge >= 0.3 is 0 Å². The molecule has 3 atom stereocenters. The van der Waals surface area contributed by atoms with Crippen LogP contribution in [0.15, 0.2) is 12.1 Å². The van der Waals surface area contributed by atoms with Crippen molar-refractivity contribution in [3.8, 4) is 0 Å². The van der Waals surface area contributed by atoms with Crippen LogP contribution in [0.25, 0.3) is 0 Å². The predicted octanol–water partition coefficient (Wildman–Crippen LogP) is 0.397. The molecule has 0 bridgehead atoms. The summed E-state index contributed by atoms with van der Waals surface area (Å²) in [7, 11) is 0. The van der Waals surface area contributed by atoms with Crippen LogP contribution in [-0.2, 0) is 9.53 Å². The van der Waals surface area contributed by atoms with Gasteiger partial charge < -0.3 is 25.2 Å². The zero-order valence-corrected chi connectivity index (χ0v) is 11.5. The number of halogens is 1. The van der Waals surface area contributed by atoms with Gasteiger partial charge in [0.25, 0.3) is 5.91 Å². The van der Waals surface area contributed by atoms with Crippen LogP contribution in [0.2, 0.25) is 0 Å². The second-order valence-electron chi connectivity index (χ2n) is 5.42. The molecule has 3 unspecified atom stereocenters. The molecule has 2 heterocycles. The molecule has 2 aliphatic heterocycles. The molecule has 6 nitrogen and oxygen atoms in total. The Balaban J connectivity index is 1.96. The van der Waals surface area contributed by atoms with Crippen molar-refractivity contribution in [2.75, 3.05) is 30.0 Å². The lowest BCUT2D eigenvalue weighted by atomic mass is 10.1. The second-order valence-corrected chi connectivity index (χ2v) is 5.42. The molecule has 2 aliphatic rings. The Morgan fingerprint density at radius 3 is 3.00 bits per heavy atom. The summed E-state index contributed by atoms with van der Waals surface area (Å²) in [5.74, 6) is -1.06. The first-order valence-electron chi connectivity index (χ1n) is 6.82. The summed E-state index contributed by atoms with van der Waals surface area (Å²) in [4.78, 5) is 13.2. The van der Waals surface area contributed by atoms with Crippen molar-refractivity contribution >= 4 is 17.3 Å². The van der Waals surface area contributed by atoms with E-state index in [-0.39, 0.29) is 24.3 Å². The van der Waals surface area contributed by atoms with E-state index in [1.165, 1.54) is 12.1 Å². The smallest absolute Gasteiger partial charge is 0.257 e. The van der Waals surface area contributed by atoms with Crippen LogP contribution in [0.1, 0.15) is 18.6 Å². The van der Waals surface area contributed by atoms with Gasteiger partial charge in [-0.15, -0.1) is 0 Å². The van der Waals surface area contributed by atoms with Gasteiger partial charge in [-0.3, -0.25) is 4.79 Å². The lowest BCUT2D eigenvalue weighted by Crippen LogP contribution is -2.50. The minimum absolute atomic E-state index is 0.0534. The van der Waals surface area contributed by atoms with Crippen LogP contribution in [0, 0.1) is 5.82 Å². The predicted molar refractivity (Wildman–Crippen MR) is 73.6 cm³/mol. The van der Waals surface area contributed by atoms with Gasteiger partial charge in [-0.2, -0.15) is 0 Å². The maximum absolute atomic E-state index is 14.3. The summed E-state index contributed by atoms with van der Waals surface area (Å²) in [6, 6.07) is 2.65. The van der Waals surface area contributed by atoms with E-state index in [1.54, 1.807) is 4.90 Å². The highest BCUT2D eigenvalue weighted by Gasteiger charge is 2.33. The number of nitrogens with one attached hydrogen (secondary N) is 1. The van der Waals surface area contributed by atoms with Crippen LogP contribution in [0.4, 0.5) is 15.8 Å². The molecular formula is C14H17FN2O4. The molecule has 1 aromatic carbocycles. The van der Waals surface area contributed by atoms with Crippen LogP contribution in [0.5, 0.6) is 0 Å². The molecule has 114 valence electrons. The van der Waals surface area contributed by atoms with Crippen molar-refractivity contribution in [2.24, 2.45) is 0 Å². The molecule has 21 heavy (non-hydrogen) atoms. The highest BCUT2D eigenvalue weighted by molar-refractivity contribution is 6.02. The number of fused-ring (bicyclic) bond motifs is 1. The Kier molecular flexibility index (Phi) is 3.56. The average Bonchev–Trinajstić information content (AvgIpc) is 2.74. The fourth-order valence-electron chi connectivity index (χ4n) is 2.74.